The van der Waals surface area contributed by atoms with E-state index in [0.717, 1.165) is 30.2 Å². The van der Waals surface area contributed by atoms with Crippen molar-refractivity contribution in [2.45, 2.75) is 6.42 Å². The lowest BCUT2D eigenvalue weighted by Crippen LogP contribution is -2.03. The van der Waals surface area contributed by atoms with Gasteiger partial charge in [-0.2, -0.15) is 5.10 Å². The highest BCUT2D eigenvalue weighted by Crippen LogP contribution is 2.25. The predicted octanol–water partition coefficient (Wildman–Crippen LogP) is 1.85. The Balaban J connectivity index is 2.01. The van der Waals surface area contributed by atoms with Crippen LogP contribution in [0.2, 0.25) is 0 Å². The molecule has 2 heterocycles. The van der Waals surface area contributed by atoms with E-state index in [1.807, 2.05) is 35.1 Å². The van der Waals surface area contributed by atoms with Crippen molar-refractivity contribution >= 4 is 5.82 Å². The Hall–Kier alpha value is -1.97. The number of hydrogen-bond donors (Lipinski definition) is 1. The van der Waals surface area contributed by atoms with Gasteiger partial charge in [-0.3, -0.25) is 0 Å². The van der Waals surface area contributed by atoms with E-state index in [1.54, 1.807) is 7.11 Å². The summed E-state index contributed by atoms with van der Waals surface area (Å²) >= 11 is 0. The molecule has 0 spiro atoms. The zero-order valence-electron chi connectivity index (χ0n) is 9.10. The Morgan fingerprint density at radius 2 is 2.12 bits per heavy atom. The summed E-state index contributed by atoms with van der Waals surface area (Å²) in [6, 6.07) is 7.90. The van der Waals surface area contributed by atoms with Crippen molar-refractivity contribution in [1.29, 1.82) is 0 Å². The minimum atomic E-state index is 0.862. The van der Waals surface area contributed by atoms with Crippen LogP contribution in [-0.4, -0.2) is 23.4 Å². The molecule has 1 aliphatic heterocycles. The summed E-state index contributed by atoms with van der Waals surface area (Å²) < 4.78 is 7.07. The van der Waals surface area contributed by atoms with Gasteiger partial charge in [-0.1, -0.05) is 0 Å². The van der Waals surface area contributed by atoms with E-state index in [-0.39, 0.29) is 0 Å². The molecule has 2 aromatic rings. The standard InChI is InChI=1S/C12H13N3O/c1-16-11-4-2-10(3-5-11)15-12-9(8-14-15)6-7-13-12/h2-5,8,13H,6-7H2,1H3. The Labute approximate surface area is 93.8 Å². The molecular weight excluding hydrogens is 202 g/mol. The summed E-state index contributed by atoms with van der Waals surface area (Å²) in [7, 11) is 1.67. The van der Waals surface area contributed by atoms with Crippen molar-refractivity contribution in [2.75, 3.05) is 19.0 Å². The summed E-state index contributed by atoms with van der Waals surface area (Å²) in [5.41, 5.74) is 2.34. The minimum absolute atomic E-state index is 0.862. The molecule has 0 radical (unpaired) electrons. The van der Waals surface area contributed by atoms with Crippen LogP contribution in [0.15, 0.2) is 30.5 Å². The second-order valence-corrected chi connectivity index (χ2v) is 3.81. The molecule has 4 nitrogen and oxygen atoms in total. The smallest absolute Gasteiger partial charge is 0.133 e. The first-order valence-corrected chi connectivity index (χ1v) is 5.33. The Morgan fingerprint density at radius 3 is 2.88 bits per heavy atom. The molecule has 0 unspecified atom stereocenters. The van der Waals surface area contributed by atoms with Crippen molar-refractivity contribution < 1.29 is 4.74 Å². The molecular formula is C12H13N3O. The van der Waals surface area contributed by atoms with Crippen LogP contribution >= 0.6 is 0 Å². The second kappa shape index (κ2) is 3.56. The van der Waals surface area contributed by atoms with E-state index in [2.05, 4.69) is 10.4 Å². The fraction of sp³-hybridized carbons (Fsp3) is 0.250. The molecule has 1 aromatic heterocycles. The summed E-state index contributed by atoms with van der Waals surface area (Å²) in [5.74, 6) is 1.98. The fourth-order valence-corrected chi connectivity index (χ4v) is 1.99. The minimum Gasteiger partial charge on any atom is -0.497 e. The van der Waals surface area contributed by atoms with Gasteiger partial charge in [-0.05, 0) is 30.7 Å². The largest absolute Gasteiger partial charge is 0.497 e. The van der Waals surface area contributed by atoms with Gasteiger partial charge >= 0.3 is 0 Å². The third kappa shape index (κ3) is 1.34. The van der Waals surface area contributed by atoms with Gasteiger partial charge in [0.05, 0.1) is 19.0 Å². The first kappa shape index (κ1) is 9.27. The molecule has 1 aliphatic rings. The lowest BCUT2D eigenvalue weighted by molar-refractivity contribution is 0.414. The Morgan fingerprint density at radius 1 is 1.31 bits per heavy atom. The monoisotopic (exact) mass is 215 g/mol. The molecule has 16 heavy (non-hydrogen) atoms. The first-order chi connectivity index (χ1) is 7.88. The molecule has 82 valence electrons. The van der Waals surface area contributed by atoms with Gasteiger partial charge in [0.15, 0.2) is 0 Å². The number of fused-ring (bicyclic) bond motifs is 1. The van der Waals surface area contributed by atoms with Crippen molar-refractivity contribution in [3.8, 4) is 11.4 Å². The number of ether oxygens (including phenoxy) is 1. The van der Waals surface area contributed by atoms with E-state index >= 15 is 0 Å². The van der Waals surface area contributed by atoms with Crippen LogP contribution in [0, 0.1) is 0 Å². The highest BCUT2D eigenvalue weighted by molar-refractivity contribution is 5.54. The third-order valence-corrected chi connectivity index (χ3v) is 2.85. The van der Waals surface area contributed by atoms with Crippen molar-refractivity contribution in [3.05, 3.63) is 36.0 Å². The number of methoxy groups -OCH3 is 1. The molecule has 1 N–H and O–H groups in total. The maximum atomic E-state index is 5.13. The quantitative estimate of drug-likeness (QED) is 0.831. The maximum Gasteiger partial charge on any atom is 0.133 e. The van der Waals surface area contributed by atoms with Gasteiger partial charge < -0.3 is 10.1 Å². The summed E-state index contributed by atoms with van der Waals surface area (Å²) in [6.45, 7) is 1.00. The highest BCUT2D eigenvalue weighted by atomic mass is 16.5. The van der Waals surface area contributed by atoms with Crippen LogP contribution in [0.25, 0.3) is 5.69 Å². The number of aromatic nitrogens is 2. The van der Waals surface area contributed by atoms with Gasteiger partial charge in [-0.25, -0.2) is 4.68 Å². The van der Waals surface area contributed by atoms with Crippen molar-refractivity contribution in [3.63, 3.8) is 0 Å². The molecule has 0 atom stereocenters. The zero-order chi connectivity index (χ0) is 11.0. The number of rotatable bonds is 2. The molecule has 4 heteroatoms. The van der Waals surface area contributed by atoms with Gasteiger partial charge in [0.1, 0.15) is 11.6 Å². The number of benzene rings is 1. The van der Waals surface area contributed by atoms with Gasteiger partial charge in [-0.15, -0.1) is 0 Å². The van der Waals surface area contributed by atoms with E-state index in [4.69, 9.17) is 4.74 Å². The fourth-order valence-electron chi connectivity index (χ4n) is 1.99. The first-order valence-electron chi connectivity index (χ1n) is 5.33. The van der Waals surface area contributed by atoms with Crippen LogP contribution in [0.5, 0.6) is 5.75 Å². The zero-order valence-corrected chi connectivity index (χ0v) is 9.10. The van der Waals surface area contributed by atoms with Crippen LogP contribution in [0.4, 0.5) is 5.82 Å². The molecule has 0 aliphatic carbocycles. The molecule has 0 fully saturated rings. The second-order valence-electron chi connectivity index (χ2n) is 3.81. The van der Waals surface area contributed by atoms with Crippen molar-refractivity contribution in [2.24, 2.45) is 0 Å². The number of nitrogens with one attached hydrogen (secondary N) is 1. The van der Waals surface area contributed by atoms with E-state index in [1.165, 1.54) is 5.56 Å². The molecule has 0 saturated heterocycles. The SMILES string of the molecule is COc1ccc(-n2ncc3c2NCC3)cc1. The van der Waals surface area contributed by atoms with Gasteiger partial charge in [0.2, 0.25) is 0 Å². The van der Waals surface area contributed by atoms with Crippen LogP contribution < -0.4 is 10.1 Å². The lowest BCUT2D eigenvalue weighted by Gasteiger charge is -2.07. The van der Waals surface area contributed by atoms with Crippen molar-refractivity contribution in [1.82, 2.24) is 9.78 Å². The Bertz CT molecular complexity index is 501. The van der Waals surface area contributed by atoms with Crippen LogP contribution in [-0.2, 0) is 6.42 Å². The van der Waals surface area contributed by atoms with E-state index in [0.29, 0.717) is 0 Å². The molecule has 0 amide bonds. The predicted molar refractivity (Wildman–Crippen MR) is 62.3 cm³/mol. The normalized spacial score (nSPS) is 13.3. The third-order valence-electron chi connectivity index (χ3n) is 2.85. The molecule has 3 rings (SSSR count). The van der Waals surface area contributed by atoms with Gasteiger partial charge in [0, 0.05) is 12.1 Å². The highest BCUT2D eigenvalue weighted by Gasteiger charge is 2.16. The number of hydrogen-bond acceptors (Lipinski definition) is 3. The average Bonchev–Trinajstić information content (AvgIpc) is 2.91. The maximum absolute atomic E-state index is 5.13. The summed E-state index contributed by atoms with van der Waals surface area (Å²) in [6.07, 6.45) is 2.99. The summed E-state index contributed by atoms with van der Waals surface area (Å²) in [4.78, 5) is 0. The molecule has 0 saturated carbocycles. The summed E-state index contributed by atoms with van der Waals surface area (Å²) in [5, 5.41) is 7.72. The number of nitrogens with zero attached hydrogens (tertiary/aromatic N) is 2. The lowest BCUT2D eigenvalue weighted by atomic mass is 10.3. The van der Waals surface area contributed by atoms with E-state index < -0.39 is 0 Å². The van der Waals surface area contributed by atoms with Crippen LogP contribution in [0.3, 0.4) is 0 Å². The topological polar surface area (TPSA) is 39.1 Å². The molecule has 1 aromatic carbocycles. The molecule has 0 bridgehead atoms. The van der Waals surface area contributed by atoms with Crippen LogP contribution in [0.1, 0.15) is 5.56 Å². The number of anilines is 1. The average molecular weight is 215 g/mol. The Kier molecular flexibility index (Phi) is 2.06. The van der Waals surface area contributed by atoms with E-state index in [9.17, 15) is 0 Å². The van der Waals surface area contributed by atoms with Gasteiger partial charge in [0.25, 0.3) is 0 Å².